The molecule has 2 N–H and O–H groups in total. The van der Waals surface area contributed by atoms with Crippen LogP contribution in [0.25, 0.3) is 0 Å². The molecule has 0 fully saturated rings. The van der Waals surface area contributed by atoms with E-state index in [1.165, 1.54) is 0 Å². The Labute approximate surface area is 98.9 Å². The Morgan fingerprint density at radius 2 is 2.00 bits per heavy atom. The molecule has 4 nitrogen and oxygen atoms in total. The summed E-state index contributed by atoms with van der Waals surface area (Å²) in [6, 6.07) is 10.9. The zero-order valence-electron chi connectivity index (χ0n) is 9.22. The van der Waals surface area contributed by atoms with Gasteiger partial charge in [0, 0.05) is 6.20 Å². The van der Waals surface area contributed by atoms with Crippen LogP contribution in [0, 0.1) is 0 Å². The van der Waals surface area contributed by atoms with E-state index in [9.17, 15) is 4.79 Å². The minimum absolute atomic E-state index is 0.0386. The lowest BCUT2D eigenvalue weighted by atomic mass is 10.1. The van der Waals surface area contributed by atoms with Gasteiger partial charge in [-0.25, -0.2) is 0 Å². The summed E-state index contributed by atoms with van der Waals surface area (Å²) in [6.45, 7) is 0.477. The molecule has 0 aliphatic heterocycles. The van der Waals surface area contributed by atoms with E-state index in [4.69, 9.17) is 9.84 Å². The standard InChI is InChI=1S/C13H13NO3/c15-13(16)8-10-3-5-12(6-4-10)17-9-11-2-1-7-14-11/h1-7,14H,8-9H2,(H,15,16). The van der Waals surface area contributed by atoms with Crippen LogP contribution >= 0.6 is 0 Å². The topological polar surface area (TPSA) is 62.3 Å². The van der Waals surface area contributed by atoms with Gasteiger partial charge in [-0.15, -0.1) is 0 Å². The zero-order valence-corrected chi connectivity index (χ0v) is 9.22. The van der Waals surface area contributed by atoms with E-state index in [1.54, 1.807) is 24.3 Å². The highest BCUT2D eigenvalue weighted by molar-refractivity contribution is 5.70. The van der Waals surface area contributed by atoms with Crippen molar-refractivity contribution in [1.82, 2.24) is 4.98 Å². The van der Waals surface area contributed by atoms with Crippen molar-refractivity contribution >= 4 is 5.97 Å². The third-order valence-corrected chi connectivity index (χ3v) is 2.34. The first-order valence-electron chi connectivity index (χ1n) is 5.30. The van der Waals surface area contributed by atoms with Gasteiger partial charge in [0.1, 0.15) is 12.4 Å². The van der Waals surface area contributed by atoms with Crippen molar-refractivity contribution in [3.8, 4) is 5.75 Å². The van der Waals surface area contributed by atoms with Gasteiger partial charge in [0.2, 0.25) is 0 Å². The van der Waals surface area contributed by atoms with Gasteiger partial charge >= 0.3 is 5.97 Å². The summed E-state index contributed by atoms with van der Waals surface area (Å²) < 4.78 is 5.53. The highest BCUT2D eigenvalue weighted by Crippen LogP contribution is 2.14. The van der Waals surface area contributed by atoms with Gasteiger partial charge in [-0.05, 0) is 29.8 Å². The molecule has 0 amide bonds. The number of ether oxygens (including phenoxy) is 1. The molecule has 0 aliphatic rings. The van der Waals surface area contributed by atoms with Crippen molar-refractivity contribution in [3.05, 3.63) is 53.9 Å². The summed E-state index contributed by atoms with van der Waals surface area (Å²) in [7, 11) is 0. The zero-order chi connectivity index (χ0) is 12.1. The molecule has 4 heteroatoms. The highest BCUT2D eigenvalue weighted by atomic mass is 16.5. The average Bonchev–Trinajstić information content (AvgIpc) is 2.80. The van der Waals surface area contributed by atoms with Crippen LogP contribution in [0.3, 0.4) is 0 Å². The van der Waals surface area contributed by atoms with Gasteiger partial charge in [0.05, 0.1) is 12.1 Å². The highest BCUT2D eigenvalue weighted by Gasteiger charge is 2.01. The number of hydrogen-bond donors (Lipinski definition) is 2. The van der Waals surface area contributed by atoms with Gasteiger partial charge in [0.25, 0.3) is 0 Å². The molecule has 0 saturated carbocycles. The van der Waals surface area contributed by atoms with Crippen molar-refractivity contribution in [2.24, 2.45) is 0 Å². The third-order valence-electron chi connectivity index (χ3n) is 2.34. The number of carbonyl (C=O) groups is 1. The maximum atomic E-state index is 10.5. The molecular weight excluding hydrogens is 218 g/mol. The first-order valence-corrected chi connectivity index (χ1v) is 5.30. The Kier molecular flexibility index (Phi) is 3.45. The van der Waals surface area contributed by atoms with Crippen LogP contribution in [0.2, 0.25) is 0 Å². The van der Waals surface area contributed by atoms with Gasteiger partial charge in [-0.3, -0.25) is 4.79 Å². The second kappa shape index (κ2) is 5.21. The number of aromatic nitrogens is 1. The number of carboxylic acid groups (broad SMARTS) is 1. The molecule has 0 unspecified atom stereocenters. The summed E-state index contributed by atoms with van der Waals surface area (Å²) in [4.78, 5) is 13.5. The summed E-state index contributed by atoms with van der Waals surface area (Å²) in [6.07, 6.45) is 1.88. The molecule has 0 atom stereocenters. The van der Waals surface area contributed by atoms with Crippen LogP contribution < -0.4 is 4.74 Å². The van der Waals surface area contributed by atoms with Crippen molar-refractivity contribution in [2.45, 2.75) is 13.0 Å². The number of carboxylic acids is 1. The molecule has 0 aliphatic carbocycles. The lowest BCUT2D eigenvalue weighted by Crippen LogP contribution is -2.00. The van der Waals surface area contributed by atoms with E-state index in [-0.39, 0.29) is 6.42 Å². The number of H-pyrrole nitrogens is 1. The quantitative estimate of drug-likeness (QED) is 0.829. The second-order valence-corrected chi connectivity index (χ2v) is 3.70. The normalized spacial score (nSPS) is 10.1. The largest absolute Gasteiger partial charge is 0.487 e. The first kappa shape index (κ1) is 11.3. The van der Waals surface area contributed by atoms with Gasteiger partial charge in [-0.2, -0.15) is 0 Å². The molecule has 1 heterocycles. The Morgan fingerprint density at radius 3 is 2.59 bits per heavy atom. The molecule has 0 spiro atoms. The van der Waals surface area contributed by atoms with Crippen LogP contribution in [0.1, 0.15) is 11.3 Å². The van der Waals surface area contributed by atoms with Gasteiger partial charge in [0.15, 0.2) is 0 Å². The fourth-order valence-corrected chi connectivity index (χ4v) is 1.50. The van der Waals surface area contributed by atoms with Crippen molar-refractivity contribution in [1.29, 1.82) is 0 Å². The van der Waals surface area contributed by atoms with E-state index in [2.05, 4.69) is 4.98 Å². The lowest BCUT2D eigenvalue weighted by Gasteiger charge is -2.05. The number of nitrogens with one attached hydrogen (secondary N) is 1. The number of rotatable bonds is 5. The first-order chi connectivity index (χ1) is 8.24. The summed E-state index contributed by atoms with van der Waals surface area (Å²) in [5, 5.41) is 8.63. The molecule has 2 aromatic rings. The Balaban J connectivity index is 1.91. The monoisotopic (exact) mass is 231 g/mol. The molecule has 0 radical (unpaired) electrons. The van der Waals surface area contributed by atoms with Crippen LogP contribution in [0.15, 0.2) is 42.6 Å². The van der Waals surface area contributed by atoms with E-state index in [1.807, 2.05) is 18.3 Å². The third kappa shape index (κ3) is 3.38. The number of hydrogen-bond acceptors (Lipinski definition) is 2. The van der Waals surface area contributed by atoms with Crippen LogP contribution in [0.5, 0.6) is 5.75 Å². The van der Waals surface area contributed by atoms with E-state index >= 15 is 0 Å². The second-order valence-electron chi connectivity index (χ2n) is 3.70. The predicted octanol–water partition coefficient (Wildman–Crippen LogP) is 2.22. The van der Waals surface area contributed by atoms with Crippen molar-refractivity contribution in [3.63, 3.8) is 0 Å². The molecule has 1 aromatic heterocycles. The summed E-state index contributed by atoms with van der Waals surface area (Å²) in [5.74, 6) is -0.0983. The Bertz CT molecular complexity index is 474. The molecule has 1 aromatic carbocycles. The SMILES string of the molecule is O=C(O)Cc1ccc(OCc2ccc[nH]2)cc1. The van der Waals surface area contributed by atoms with Crippen LogP contribution in [0.4, 0.5) is 0 Å². The lowest BCUT2D eigenvalue weighted by molar-refractivity contribution is -0.136. The van der Waals surface area contributed by atoms with E-state index in [0.29, 0.717) is 6.61 Å². The van der Waals surface area contributed by atoms with Crippen LogP contribution in [-0.4, -0.2) is 16.1 Å². The number of benzene rings is 1. The van der Waals surface area contributed by atoms with Gasteiger partial charge in [-0.1, -0.05) is 12.1 Å². The Hall–Kier alpha value is -2.23. The van der Waals surface area contributed by atoms with E-state index < -0.39 is 5.97 Å². The van der Waals surface area contributed by atoms with Crippen LogP contribution in [-0.2, 0) is 17.8 Å². The van der Waals surface area contributed by atoms with Crippen molar-refractivity contribution < 1.29 is 14.6 Å². The Morgan fingerprint density at radius 1 is 1.24 bits per heavy atom. The fourth-order valence-electron chi connectivity index (χ4n) is 1.50. The smallest absolute Gasteiger partial charge is 0.307 e. The predicted molar refractivity (Wildman–Crippen MR) is 62.9 cm³/mol. The fraction of sp³-hybridized carbons (Fsp3) is 0.154. The molecule has 2 rings (SSSR count). The minimum atomic E-state index is -0.829. The molecule has 0 bridgehead atoms. The molecular formula is C13H13NO3. The maximum absolute atomic E-state index is 10.5. The number of aromatic amines is 1. The maximum Gasteiger partial charge on any atom is 0.307 e. The average molecular weight is 231 g/mol. The van der Waals surface area contributed by atoms with Crippen molar-refractivity contribution in [2.75, 3.05) is 0 Å². The molecule has 17 heavy (non-hydrogen) atoms. The molecule has 88 valence electrons. The number of aliphatic carboxylic acids is 1. The molecule has 0 saturated heterocycles. The summed E-state index contributed by atoms with van der Waals surface area (Å²) in [5.41, 5.74) is 1.77. The summed E-state index contributed by atoms with van der Waals surface area (Å²) >= 11 is 0. The van der Waals surface area contributed by atoms with Gasteiger partial charge < -0.3 is 14.8 Å². The van der Waals surface area contributed by atoms with E-state index in [0.717, 1.165) is 17.0 Å². The minimum Gasteiger partial charge on any atom is -0.487 e.